The Labute approximate surface area is 225 Å². The smallest absolute Gasteiger partial charge is 0.316 e. The van der Waals surface area contributed by atoms with E-state index in [2.05, 4.69) is 4.98 Å². The number of allylic oxidation sites excluding steroid dienone is 1. The summed E-state index contributed by atoms with van der Waals surface area (Å²) in [5, 5.41) is 2.07. The number of hydrogen-bond donors (Lipinski definition) is 1. The monoisotopic (exact) mass is 527 g/mol. The van der Waals surface area contributed by atoms with Crippen molar-refractivity contribution in [3.63, 3.8) is 0 Å². The highest BCUT2D eigenvalue weighted by Gasteiger charge is 2.15. The van der Waals surface area contributed by atoms with E-state index >= 15 is 0 Å². The summed E-state index contributed by atoms with van der Waals surface area (Å²) >= 11 is 0. The Morgan fingerprint density at radius 1 is 1.11 bits per heavy atom. The number of carbonyl (C=O) groups is 3. The molecule has 2 amide bonds. The van der Waals surface area contributed by atoms with E-state index in [9.17, 15) is 14.4 Å². The van der Waals surface area contributed by atoms with Crippen molar-refractivity contribution >= 4 is 30.9 Å². The Hall–Kier alpha value is -4.01. The van der Waals surface area contributed by atoms with Gasteiger partial charge in [-0.3, -0.25) is 14.4 Å². The van der Waals surface area contributed by atoms with Gasteiger partial charge in [-0.05, 0) is 43.5 Å². The summed E-state index contributed by atoms with van der Waals surface area (Å²) in [6.45, 7) is 7.12. The van der Waals surface area contributed by atoms with E-state index in [0.717, 1.165) is 60.0 Å². The minimum absolute atomic E-state index is 0.265. The van der Waals surface area contributed by atoms with Crippen LogP contribution in [-0.2, 0) is 25.5 Å². The van der Waals surface area contributed by atoms with E-state index in [1.54, 1.807) is 26.0 Å². The molecule has 1 aliphatic heterocycles. The molecular weight excluding hydrogens is 486 g/mol. The molecular formula is C29H41N3O6. The Bertz CT molecular complexity index is 1150. The molecule has 2 heterocycles. The average Bonchev–Trinajstić information content (AvgIpc) is 3.47. The second-order valence-corrected chi connectivity index (χ2v) is 8.43. The van der Waals surface area contributed by atoms with Gasteiger partial charge in [0.15, 0.2) is 11.5 Å². The van der Waals surface area contributed by atoms with Gasteiger partial charge in [0.25, 0.3) is 0 Å². The van der Waals surface area contributed by atoms with Crippen molar-refractivity contribution in [1.82, 2.24) is 14.8 Å². The molecule has 208 valence electrons. The lowest BCUT2D eigenvalue weighted by atomic mass is 10.1. The SMILES string of the molecule is CC.CN(C)C=O.COC(=O)C1C=CC=c2c(CCCN(C)C=O)c(C)[nH]c2=C1.c1ccc2c(c1)OCO2. The fourth-order valence-corrected chi connectivity index (χ4v) is 3.55. The van der Waals surface area contributed by atoms with Gasteiger partial charge in [0, 0.05) is 43.9 Å². The van der Waals surface area contributed by atoms with Crippen LogP contribution in [0.5, 0.6) is 11.5 Å². The van der Waals surface area contributed by atoms with Gasteiger partial charge in [-0.25, -0.2) is 0 Å². The first-order valence-electron chi connectivity index (χ1n) is 12.6. The van der Waals surface area contributed by atoms with Crippen LogP contribution >= 0.6 is 0 Å². The topological polar surface area (TPSA) is 101 Å². The second kappa shape index (κ2) is 17.4. The summed E-state index contributed by atoms with van der Waals surface area (Å²) in [5.41, 5.74) is 2.34. The number of para-hydroxylation sites is 2. The molecule has 0 fully saturated rings. The van der Waals surface area contributed by atoms with E-state index in [0.29, 0.717) is 6.79 Å². The molecule has 0 bridgehead atoms. The molecule has 4 rings (SSSR count). The molecule has 1 aromatic carbocycles. The zero-order chi connectivity index (χ0) is 28.5. The standard InChI is InChI=1S/C17H22N2O3.C7H6O2.C3H7NO.C2H6/c1-12-14(8-5-9-19(2)11-20)15-7-4-6-13(17(21)22-3)10-16(15)18-12;1-2-4-7-6(3-1)8-5-9-7;1-4(2)3-5;1-2/h4,6-7,10-11,13,18H,5,8-9H2,1-3H3;1-4H,5H2;3H,1-2H3;1-2H3. The number of methoxy groups -OCH3 is 1. The molecule has 0 spiro atoms. The van der Waals surface area contributed by atoms with Crippen LogP contribution in [0.4, 0.5) is 0 Å². The number of aromatic nitrogens is 1. The number of carbonyl (C=O) groups excluding carboxylic acids is 3. The lowest BCUT2D eigenvalue weighted by Gasteiger charge is -2.09. The number of benzene rings is 1. The molecule has 0 saturated carbocycles. The quantitative estimate of drug-likeness (QED) is 0.438. The zero-order valence-corrected chi connectivity index (χ0v) is 23.5. The van der Waals surface area contributed by atoms with Crippen molar-refractivity contribution in [3.05, 3.63) is 58.2 Å². The molecule has 1 atom stereocenters. The fraction of sp³-hybridized carbons (Fsp3) is 0.414. The Morgan fingerprint density at radius 3 is 2.24 bits per heavy atom. The molecule has 1 N–H and O–H groups in total. The van der Waals surface area contributed by atoms with Crippen LogP contribution in [0.15, 0.2) is 36.4 Å². The van der Waals surface area contributed by atoms with Gasteiger partial charge in [-0.15, -0.1) is 0 Å². The van der Waals surface area contributed by atoms with Crippen molar-refractivity contribution in [2.24, 2.45) is 5.92 Å². The molecule has 0 saturated heterocycles. The van der Waals surface area contributed by atoms with Crippen LogP contribution in [0, 0.1) is 12.8 Å². The third kappa shape index (κ3) is 10.2. The summed E-state index contributed by atoms with van der Waals surface area (Å²) in [6.07, 6.45) is 11.0. The van der Waals surface area contributed by atoms with Gasteiger partial charge in [-0.2, -0.15) is 0 Å². The van der Waals surface area contributed by atoms with Crippen molar-refractivity contribution in [2.45, 2.75) is 33.6 Å². The third-order valence-corrected chi connectivity index (χ3v) is 5.40. The van der Waals surface area contributed by atoms with E-state index in [1.165, 1.54) is 17.6 Å². The Balaban J connectivity index is 0.000000367. The lowest BCUT2D eigenvalue weighted by molar-refractivity contribution is -0.141. The van der Waals surface area contributed by atoms with Crippen LogP contribution in [0.3, 0.4) is 0 Å². The van der Waals surface area contributed by atoms with Crippen LogP contribution in [0.25, 0.3) is 12.2 Å². The molecule has 9 nitrogen and oxygen atoms in total. The maximum absolute atomic E-state index is 11.7. The largest absolute Gasteiger partial charge is 0.468 e. The maximum atomic E-state index is 11.7. The van der Waals surface area contributed by atoms with Crippen molar-refractivity contribution in [3.8, 4) is 11.5 Å². The predicted molar refractivity (Wildman–Crippen MR) is 149 cm³/mol. The fourth-order valence-electron chi connectivity index (χ4n) is 3.55. The number of esters is 1. The average molecular weight is 528 g/mol. The number of H-pyrrole nitrogens is 1. The molecule has 2 aromatic rings. The van der Waals surface area contributed by atoms with Crippen LogP contribution in [-0.4, -0.2) is 75.2 Å². The lowest BCUT2D eigenvalue weighted by Crippen LogP contribution is -2.27. The van der Waals surface area contributed by atoms with Crippen LogP contribution in [0.2, 0.25) is 0 Å². The molecule has 1 aliphatic carbocycles. The number of ether oxygens (including phenoxy) is 3. The first-order valence-corrected chi connectivity index (χ1v) is 12.6. The first kappa shape index (κ1) is 32.0. The Morgan fingerprint density at radius 2 is 1.71 bits per heavy atom. The highest BCUT2D eigenvalue weighted by Crippen LogP contribution is 2.30. The second-order valence-electron chi connectivity index (χ2n) is 8.43. The van der Waals surface area contributed by atoms with E-state index in [1.807, 2.05) is 69.3 Å². The molecule has 9 heteroatoms. The zero-order valence-electron chi connectivity index (χ0n) is 23.5. The predicted octanol–water partition coefficient (Wildman–Crippen LogP) is 2.41. The summed E-state index contributed by atoms with van der Waals surface area (Å²) in [5.74, 6) is 1.06. The minimum atomic E-state index is -0.366. The summed E-state index contributed by atoms with van der Waals surface area (Å²) in [4.78, 5) is 38.2. The van der Waals surface area contributed by atoms with Gasteiger partial charge in [0.1, 0.15) is 0 Å². The van der Waals surface area contributed by atoms with Gasteiger partial charge < -0.3 is 29.0 Å². The van der Waals surface area contributed by atoms with Gasteiger partial charge in [-0.1, -0.05) is 44.2 Å². The summed E-state index contributed by atoms with van der Waals surface area (Å²) < 4.78 is 15.0. The van der Waals surface area contributed by atoms with E-state index in [-0.39, 0.29) is 11.9 Å². The number of aryl methyl sites for hydroxylation is 1. The number of rotatable bonds is 7. The molecule has 1 aromatic heterocycles. The number of fused-ring (bicyclic) bond motifs is 2. The molecule has 2 aliphatic rings. The minimum Gasteiger partial charge on any atom is -0.468 e. The first-order chi connectivity index (χ1) is 18.3. The summed E-state index contributed by atoms with van der Waals surface area (Å²) in [6, 6.07) is 7.63. The van der Waals surface area contributed by atoms with Crippen molar-refractivity contribution in [2.75, 3.05) is 41.6 Å². The molecule has 1 unspecified atom stereocenters. The molecule has 0 radical (unpaired) electrons. The van der Waals surface area contributed by atoms with Gasteiger partial charge in [0.2, 0.25) is 19.6 Å². The molecule has 38 heavy (non-hydrogen) atoms. The number of nitrogens with one attached hydrogen (secondary N) is 1. The highest BCUT2D eigenvalue weighted by atomic mass is 16.7. The third-order valence-electron chi connectivity index (χ3n) is 5.40. The van der Waals surface area contributed by atoms with Crippen LogP contribution < -0.4 is 20.0 Å². The van der Waals surface area contributed by atoms with Crippen LogP contribution in [0.1, 0.15) is 31.5 Å². The van der Waals surface area contributed by atoms with Gasteiger partial charge >= 0.3 is 5.97 Å². The van der Waals surface area contributed by atoms with Gasteiger partial charge in [0.05, 0.1) is 13.0 Å². The van der Waals surface area contributed by atoms with Crippen molar-refractivity contribution in [1.29, 1.82) is 0 Å². The highest BCUT2D eigenvalue weighted by molar-refractivity contribution is 5.81. The summed E-state index contributed by atoms with van der Waals surface area (Å²) in [7, 11) is 6.55. The number of nitrogens with zero attached hydrogens (tertiary/aromatic N) is 2. The van der Waals surface area contributed by atoms with E-state index < -0.39 is 0 Å². The Kier molecular flexibility index (Phi) is 14.7. The maximum Gasteiger partial charge on any atom is 0.316 e. The number of aromatic amines is 1. The normalized spacial score (nSPS) is 13.6. The number of hydrogen-bond acceptors (Lipinski definition) is 6. The van der Waals surface area contributed by atoms with E-state index in [4.69, 9.17) is 14.2 Å². The number of amides is 2. The van der Waals surface area contributed by atoms with Crippen molar-refractivity contribution < 1.29 is 28.6 Å².